The Morgan fingerprint density at radius 1 is 1.46 bits per heavy atom. The van der Waals surface area contributed by atoms with Crippen LogP contribution in [0.15, 0.2) is 30.5 Å². The van der Waals surface area contributed by atoms with Gasteiger partial charge >= 0.3 is 0 Å². The Hall–Kier alpha value is -2.44. The van der Waals surface area contributed by atoms with Crippen molar-refractivity contribution in [2.24, 2.45) is 0 Å². The van der Waals surface area contributed by atoms with Gasteiger partial charge in [0.25, 0.3) is 0 Å². The second-order valence-electron chi connectivity index (χ2n) is 5.71. The molecule has 0 saturated carbocycles. The van der Waals surface area contributed by atoms with Gasteiger partial charge in [-0.05, 0) is 18.2 Å². The number of aromatic nitrogens is 3. The highest BCUT2D eigenvalue weighted by Crippen LogP contribution is 2.21. The molecular weight excluding hydrogens is 330 g/mol. The number of nitrogens with one attached hydrogen (secondary N) is 1. The summed E-state index contributed by atoms with van der Waals surface area (Å²) in [6.07, 6.45) is 2.94. The lowest BCUT2D eigenvalue weighted by atomic mass is 10.2. The maximum atomic E-state index is 11.8. The molecule has 3 rings (SSSR count). The molecule has 0 unspecified atom stereocenters. The molecule has 1 aromatic heterocycles. The third kappa shape index (κ3) is 3.55. The fraction of sp³-hybridized carbons (Fsp3) is 0.400. The smallest absolute Gasteiger partial charge is 0.153 e. The van der Waals surface area contributed by atoms with Gasteiger partial charge in [-0.3, -0.25) is 0 Å². The average molecular weight is 347 g/mol. The number of ether oxygens (including phenoxy) is 1. The van der Waals surface area contributed by atoms with Crippen LogP contribution in [0, 0.1) is 11.3 Å². The molecule has 0 aliphatic carbocycles. The summed E-state index contributed by atoms with van der Waals surface area (Å²) in [5, 5.41) is 19.5. The molecular formula is C15H17N5O3S. The van der Waals surface area contributed by atoms with Gasteiger partial charge in [0.1, 0.15) is 18.1 Å². The van der Waals surface area contributed by atoms with E-state index >= 15 is 0 Å². The van der Waals surface area contributed by atoms with Crippen molar-refractivity contribution in [1.82, 2.24) is 20.3 Å². The largest absolute Gasteiger partial charge is 0.487 e. The minimum atomic E-state index is -3.17. The molecule has 1 fully saturated rings. The first-order chi connectivity index (χ1) is 11.5. The molecule has 1 aliphatic rings. The SMILES string of the molecule is CS(=O)(=O)[C@@H]1CNC[C@H]1n1cc(COc2cccc(C#N)c2)nn1. The van der Waals surface area contributed by atoms with Crippen LogP contribution in [0.5, 0.6) is 5.75 Å². The summed E-state index contributed by atoms with van der Waals surface area (Å²) < 4.78 is 30.9. The van der Waals surface area contributed by atoms with Crippen molar-refractivity contribution in [2.45, 2.75) is 17.9 Å². The molecule has 1 saturated heterocycles. The van der Waals surface area contributed by atoms with Crippen LogP contribution in [0.2, 0.25) is 0 Å². The normalized spacial score (nSPS) is 20.7. The Labute approximate surface area is 140 Å². The standard InChI is InChI=1S/C15H17N5O3S/c1-24(21,22)15-8-17-7-14(15)20-9-12(18-19-20)10-23-13-4-2-3-11(5-13)6-16/h2-5,9,14-15,17H,7-8,10H2,1H3/t14-,15-/m1/s1. The second kappa shape index (κ2) is 6.59. The van der Waals surface area contributed by atoms with Crippen molar-refractivity contribution in [3.63, 3.8) is 0 Å². The van der Waals surface area contributed by atoms with E-state index in [0.717, 1.165) is 0 Å². The van der Waals surface area contributed by atoms with Gasteiger partial charge in [-0.1, -0.05) is 11.3 Å². The Morgan fingerprint density at radius 2 is 2.29 bits per heavy atom. The lowest BCUT2D eigenvalue weighted by Crippen LogP contribution is -2.30. The summed E-state index contributed by atoms with van der Waals surface area (Å²) >= 11 is 0. The predicted octanol–water partition coefficient (Wildman–Crippen LogP) is 0.286. The van der Waals surface area contributed by atoms with E-state index in [2.05, 4.69) is 15.6 Å². The van der Waals surface area contributed by atoms with E-state index in [4.69, 9.17) is 10.00 Å². The maximum Gasteiger partial charge on any atom is 0.153 e. The van der Waals surface area contributed by atoms with Crippen molar-refractivity contribution in [3.05, 3.63) is 41.7 Å². The number of hydrogen-bond acceptors (Lipinski definition) is 7. The summed E-state index contributed by atoms with van der Waals surface area (Å²) in [6.45, 7) is 1.14. The molecule has 0 bridgehead atoms. The average Bonchev–Trinajstić information content (AvgIpc) is 3.21. The second-order valence-corrected chi connectivity index (χ2v) is 7.98. The number of benzene rings is 1. The number of sulfone groups is 1. The van der Waals surface area contributed by atoms with E-state index in [9.17, 15) is 8.42 Å². The van der Waals surface area contributed by atoms with Crippen molar-refractivity contribution in [3.8, 4) is 11.8 Å². The number of rotatable bonds is 5. The monoisotopic (exact) mass is 347 g/mol. The summed E-state index contributed by atoms with van der Waals surface area (Å²) in [5.41, 5.74) is 1.11. The van der Waals surface area contributed by atoms with Crippen LogP contribution < -0.4 is 10.1 Å². The Bertz CT molecular complexity index is 871. The molecule has 1 N–H and O–H groups in total. The van der Waals surface area contributed by atoms with Crippen LogP contribution in [-0.2, 0) is 16.4 Å². The molecule has 8 nitrogen and oxygen atoms in total. The van der Waals surface area contributed by atoms with Crippen LogP contribution in [0.3, 0.4) is 0 Å². The van der Waals surface area contributed by atoms with E-state index in [-0.39, 0.29) is 12.6 Å². The van der Waals surface area contributed by atoms with Gasteiger partial charge < -0.3 is 10.1 Å². The predicted molar refractivity (Wildman–Crippen MR) is 86.0 cm³/mol. The third-order valence-corrected chi connectivity index (χ3v) is 5.51. The van der Waals surface area contributed by atoms with Crippen LogP contribution in [-0.4, -0.2) is 48.0 Å². The number of hydrogen-bond donors (Lipinski definition) is 1. The van der Waals surface area contributed by atoms with E-state index in [1.54, 1.807) is 35.1 Å². The maximum absolute atomic E-state index is 11.8. The molecule has 2 heterocycles. The molecule has 0 amide bonds. The minimum absolute atomic E-state index is 0.193. The van der Waals surface area contributed by atoms with E-state index in [1.165, 1.54) is 6.26 Å². The van der Waals surface area contributed by atoms with E-state index < -0.39 is 15.1 Å². The van der Waals surface area contributed by atoms with Crippen molar-refractivity contribution in [1.29, 1.82) is 5.26 Å². The quantitative estimate of drug-likeness (QED) is 0.827. The summed E-state index contributed by atoms with van der Waals surface area (Å²) in [5.74, 6) is 0.570. The highest BCUT2D eigenvalue weighted by atomic mass is 32.2. The van der Waals surface area contributed by atoms with Gasteiger partial charge in [0, 0.05) is 19.3 Å². The zero-order valence-electron chi connectivity index (χ0n) is 13.1. The summed E-state index contributed by atoms with van der Waals surface area (Å²) in [6, 6.07) is 8.61. The van der Waals surface area contributed by atoms with Crippen LogP contribution in [0.25, 0.3) is 0 Å². The van der Waals surface area contributed by atoms with Crippen molar-refractivity contribution < 1.29 is 13.2 Å². The molecule has 0 radical (unpaired) electrons. The van der Waals surface area contributed by atoms with E-state index in [1.807, 2.05) is 6.07 Å². The number of nitrogens with zero attached hydrogens (tertiary/aromatic N) is 4. The summed E-state index contributed by atoms with van der Waals surface area (Å²) in [4.78, 5) is 0. The van der Waals surface area contributed by atoms with Crippen molar-refractivity contribution >= 4 is 9.84 Å². The topological polar surface area (TPSA) is 110 Å². The zero-order valence-corrected chi connectivity index (χ0v) is 13.9. The van der Waals surface area contributed by atoms with Crippen LogP contribution in [0.1, 0.15) is 17.3 Å². The highest BCUT2D eigenvalue weighted by Gasteiger charge is 2.36. The van der Waals surface area contributed by atoms with E-state index in [0.29, 0.717) is 30.1 Å². The number of nitriles is 1. The molecule has 9 heteroatoms. The lowest BCUT2D eigenvalue weighted by Gasteiger charge is -2.16. The van der Waals surface area contributed by atoms with Gasteiger partial charge in [-0.15, -0.1) is 5.10 Å². The Kier molecular flexibility index (Phi) is 4.51. The molecule has 126 valence electrons. The first-order valence-corrected chi connectivity index (χ1v) is 9.36. The first kappa shape index (κ1) is 16.4. The van der Waals surface area contributed by atoms with Gasteiger partial charge in [-0.25, -0.2) is 13.1 Å². The van der Waals surface area contributed by atoms with Crippen molar-refractivity contribution in [2.75, 3.05) is 19.3 Å². The fourth-order valence-electron chi connectivity index (χ4n) is 2.70. The van der Waals surface area contributed by atoms with Crippen LogP contribution >= 0.6 is 0 Å². The third-order valence-electron chi connectivity index (χ3n) is 3.93. The zero-order chi connectivity index (χ0) is 17.2. The minimum Gasteiger partial charge on any atom is -0.487 e. The van der Waals surface area contributed by atoms with Gasteiger partial charge in [0.05, 0.1) is 29.1 Å². The molecule has 2 aromatic rings. The van der Waals surface area contributed by atoms with Crippen LogP contribution in [0.4, 0.5) is 0 Å². The molecule has 1 aromatic carbocycles. The Morgan fingerprint density at radius 3 is 3.04 bits per heavy atom. The van der Waals surface area contributed by atoms with Gasteiger partial charge in [0.15, 0.2) is 9.84 Å². The van der Waals surface area contributed by atoms with Gasteiger partial charge in [-0.2, -0.15) is 5.26 Å². The molecule has 24 heavy (non-hydrogen) atoms. The molecule has 0 spiro atoms. The fourth-order valence-corrected chi connectivity index (χ4v) is 3.91. The molecule has 2 atom stereocenters. The first-order valence-electron chi connectivity index (χ1n) is 7.40. The highest BCUT2D eigenvalue weighted by molar-refractivity contribution is 7.91. The van der Waals surface area contributed by atoms with Gasteiger partial charge in [0.2, 0.25) is 0 Å². The lowest BCUT2D eigenvalue weighted by molar-refractivity contribution is 0.301. The molecule has 1 aliphatic heterocycles. The Balaban J connectivity index is 1.68. The summed E-state index contributed by atoms with van der Waals surface area (Å²) in [7, 11) is -3.17.